The Hall–Kier alpha value is -2.89. The lowest BCUT2D eigenvalue weighted by atomic mass is 9.73. The quantitative estimate of drug-likeness (QED) is 0.870. The number of Topliss-reactive ketones (excluding diaryl/α,β-unsaturated/α-hetero) is 1. The molecule has 2 aliphatic rings. The lowest BCUT2D eigenvalue weighted by Gasteiger charge is -2.37. The number of aromatic nitrogens is 1. The van der Waals surface area contributed by atoms with Crippen LogP contribution in [0.1, 0.15) is 44.1 Å². The van der Waals surface area contributed by atoms with Gasteiger partial charge in [-0.1, -0.05) is 13.8 Å². The van der Waals surface area contributed by atoms with Crippen LogP contribution < -0.4 is 5.32 Å². The number of ketones is 1. The average Bonchev–Trinajstić information content (AvgIpc) is 2.60. The Morgan fingerprint density at radius 3 is 2.56 bits per heavy atom. The van der Waals surface area contributed by atoms with Crippen LogP contribution in [0.2, 0.25) is 0 Å². The number of carbonyl (C=O) groups excluding carboxylic acids is 1. The molecule has 1 atom stereocenters. The molecule has 1 unspecified atom stereocenters. The van der Waals surface area contributed by atoms with Gasteiger partial charge in [-0.2, -0.15) is 0 Å². The van der Waals surface area contributed by atoms with Crippen molar-refractivity contribution in [1.29, 1.82) is 0 Å². The highest BCUT2D eigenvalue weighted by Crippen LogP contribution is 2.40. The van der Waals surface area contributed by atoms with E-state index in [4.69, 9.17) is 0 Å². The molecule has 0 fully saturated rings. The average molecular weight is 367 g/mol. The van der Waals surface area contributed by atoms with Gasteiger partial charge in [0.05, 0.1) is 11.3 Å². The first-order valence-corrected chi connectivity index (χ1v) is 8.81. The molecule has 4 nitrogen and oxygen atoms in total. The lowest BCUT2D eigenvalue weighted by molar-refractivity contribution is -0.117. The van der Waals surface area contributed by atoms with Crippen molar-refractivity contribution in [2.45, 2.75) is 32.9 Å². The van der Waals surface area contributed by atoms with E-state index in [1.54, 1.807) is 12.1 Å². The van der Waals surface area contributed by atoms with Gasteiger partial charge in [0.1, 0.15) is 17.3 Å². The van der Waals surface area contributed by atoms with E-state index in [1.165, 1.54) is 30.5 Å². The summed E-state index contributed by atoms with van der Waals surface area (Å²) in [5, 5.41) is 3.20. The predicted octanol–water partition coefficient (Wildman–Crippen LogP) is 4.09. The van der Waals surface area contributed by atoms with Crippen molar-refractivity contribution in [2.24, 2.45) is 10.4 Å². The third kappa shape index (κ3) is 3.27. The van der Waals surface area contributed by atoms with Gasteiger partial charge in [-0.3, -0.25) is 14.8 Å². The minimum absolute atomic E-state index is 0.0169. The van der Waals surface area contributed by atoms with Crippen molar-refractivity contribution in [1.82, 2.24) is 10.3 Å². The molecular weight excluding hydrogens is 348 g/mol. The summed E-state index contributed by atoms with van der Waals surface area (Å²) in [6.45, 7) is 4.05. The van der Waals surface area contributed by atoms with E-state index in [0.717, 1.165) is 5.70 Å². The number of allylic oxidation sites excluding steroid dienone is 2. The summed E-state index contributed by atoms with van der Waals surface area (Å²) in [4.78, 5) is 21.6. The van der Waals surface area contributed by atoms with Gasteiger partial charge in [0.15, 0.2) is 11.9 Å². The molecule has 4 rings (SSSR count). The highest BCUT2D eigenvalue weighted by atomic mass is 19.1. The Kier molecular flexibility index (Phi) is 4.13. The normalized spacial score (nSPS) is 21.4. The number of hydrogen-bond acceptors (Lipinski definition) is 4. The fourth-order valence-electron chi connectivity index (χ4n) is 3.67. The number of rotatable bonds is 2. The second kappa shape index (κ2) is 6.37. The van der Waals surface area contributed by atoms with Crippen molar-refractivity contribution in [3.05, 3.63) is 76.8 Å². The van der Waals surface area contributed by atoms with E-state index in [0.29, 0.717) is 29.7 Å². The van der Waals surface area contributed by atoms with Crippen LogP contribution in [0, 0.1) is 17.0 Å². The molecule has 2 aromatic rings. The Morgan fingerprint density at radius 2 is 1.85 bits per heavy atom. The highest BCUT2D eigenvalue weighted by molar-refractivity contribution is 6.29. The van der Waals surface area contributed by atoms with Gasteiger partial charge in [0, 0.05) is 23.9 Å². The maximum absolute atomic E-state index is 14.3. The van der Waals surface area contributed by atoms with Crippen molar-refractivity contribution >= 4 is 11.5 Å². The molecule has 0 saturated carbocycles. The third-order valence-corrected chi connectivity index (χ3v) is 4.84. The zero-order valence-corrected chi connectivity index (χ0v) is 15.1. The van der Waals surface area contributed by atoms with Crippen LogP contribution in [-0.2, 0) is 4.79 Å². The molecule has 0 saturated heterocycles. The van der Waals surface area contributed by atoms with Gasteiger partial charge in [-0.25, -0.2) is 8.78 Å². The van der Waals surface area contributed by atoms with E-state index >= 15 is 0 Å². The van der Waals surface area contributed by atoms with Crippen molar-refractivity contribution in [3.63, 3.8) is 0 Å². The number of nitrogens with one attached hydrogen (secondary N) is 1. The standard InChI is InChI=1S/C21H19F2N3O/c1-21(2)10-15-17(16(27)11-21)18(12-5-7-13(22)8-6-12)26-20(25-15)19-14(23)4-3-9-24-19/h3-9,20,25H,10-11H2,1-2H3. The topological polar surface area (TPSA) is 54.4 Å². The predicted molar refractivity (Wildman–Crippen MR) is 98.1 cm³/mol. The number of hydrogen-bond donors (Lipinski definition) is 1. The van der Waals surface area contributed by atoms with E-state index in [9.17, 15) is 13.6 Å². The molecule has 6 heteroatoms. The fraction of sp³-hybridized carbons (Fsp3) is 0.286. The Labute approximate surface area is 156 Å². The van der Waals surface area contributed by atoms with Crippen LogP contribution in [0.25, 0.3) is 0 Å². The second-order valence-electron chi connectivity index (χ2n) is 7.70. The SMILES string of the molecule is CC1(C)CC(=O)C2=C(C1)NC(c1ncccc1F)N=C2c1ccc(F)cc1. The Balaban J connectivity index is 1.86. The molecule has 0 amide bonds. The van der Waals surface area contributed by atoms with Crippen LogP contribution in [0.15, 0.2) is 58.9 Å². The third-order valence-electron chi connectivity index (χ3n) is 4.84. The van der Waals surface area contributed by atoms with E-state index in [-0.39, 0.29) is 22.7 Å². The smallest absolute Gasteiger partial charge is 0.167 e. The molecule has 1 aliphatic carbocycles. The molecule has 0 spiro atoms. The number of carbonyl (C=O) groups is 1. The Morgan fingerprint density at radius 1 is 1.11 bits per heavy atom. The van der Waals surface area contributed by atoms with Crippen LogP contribution >= 0.6 is 0 Å². The van der Waals surface area contributed by atoms with E-state index < -0.39 is 12.0 Å². The van der Waals surface area contributed by atoms with Crippen molar-refractivity contribution in [2.75, 3.05) is 0 Å². The molecule has 2 heterocycles. The van der Waals surface area contributed by atoms with Crippen molar-refractivity contribution in [3.8, 4) is 0 Å². The molecule has 27 heavy (non-hydrogen) atoms. The summed E-state index contributed by atoms with van der Waals surface area (Å²) < 4.78 is 27.7. The molecule has 1 aromatic heterocycles. The molecular formula is C21H19F2N3O. The second-order valence-corrected chi connectivity index (χ2v) is 7.70. The van der Waals surface area contributed by atoms with Gasteiger partial charge in [-0.15, -0.1) is 0 Å². The van der Waals surface area contributed by atoms with E-state index in [1.807, 2.05) is 13.8 Å². The summed E-state index contributed by atoms with van der Waals surface area (Å²) in [6, 6.07) is 8.68. The first-order chi connectivity index (χ1) is 12.8. The number of benzene rings is 1. The van der Waals surface area contributed by atoms with Crippen LogP contribution in [0.3, 0.4) is 0 Å². The van der Waals surface area contributed by atoms with Crippen molar-refractivity contribution < 1.29 is 13.6 Å². The number of nitrogens with zero attached hydrogens (tertiary/aromatic N) is 2. The highest BCUT2D eigenvalue weighted by Gasteiger charge is 2.39. The summed E-state index contributed by atoms with van der Waals surface area (Å²) >= 11 is 0. The number of pyridine rings is 1. The molecule has 138 valence electrons. The molecule has 0 radical (unpaired) electrons. The maximum atomic E-state index is 14.3. The summed E-state index contributed by atoms with van der Waals surface area (Å²) in [6.07, 6.45) is 1.80. The minimum Gasteiger partial charge on any atom is -0.361 e. The zero-order valence-electron chi connectivity index (χ0n) is 15.1. The minimum atomic E-state index is -0.744. The van der Waals surface area contributed by atoms with E-state index in [2.05, 4.69) is 15.3 Å². The molecule has 1 aromatic carbocycles. The summed E-state index contributed by atoms with van der Waals surface area (Å²) in [5.74, 6) is -0.856. The van der Waals surface area contributed by atoms with Crippen LogP contribution in [0.4, 0.5) is 8.78 Å². The van der Waals surface area contributed by atoms with Gasteiger partial charge in [0.25, 0.3) is 0 Å². The zero-order chi connectivity index (χ0) is 19.2. The monoisotopic (exact) mass is 367 g/mol. The first kappa shape index (κ1) is 17.5. The molecule has 1 N–H and O–H groups in total. The van der Waals surface area contributed by atoms with Gasteiger partial charge >= 0.3 is 0 Å². The summed E-state index contributed by atoms with van der Waals surface area (Å²) in [5.41, 5.74) is 2.29. The fourth-order valence-corrected chi connectivity index (χ4v) is 3.67. The summed E-state index contributed by atoms with van der Waals surface area (Å²) in [7, 11) is 0. The van der Waals surface area contributed by atoms with Gasteiger partial charge in [0.2, 0.25) is 0 Å². The Bertz CT molecular complexity index is 977. The number of halogens is 2. The molecule has 0 bridgehead atoms. The van der Waals surface area contributed by atoms with Crippen LogP contribution in [0.5, 0.6) is 0 Å². The maximum Gasteiger partial charge on any atom is 0.167 e. The largest absolute Gasteiger partial charge is 0.361 e. The van der Waals surface area contributed by atoms with Gasteiger partial charge < -0.3 is 5.32 Å². The lowest BCUT2D eigenvalue weighted by Crippen LogP contribution is -2.39. The number of aliphatic imine (C=N–C) groups is 1. The first-order valence-electron chi connectivity index (χ1n) is 8.81. The van der Waals surface area contributed by atoms with Gasteiger partial charge in [-0.05, 0) is 48.2 Å². The molecule has 1 aliphatic heterocycles. The van der Waals surface area contributed by atoms with Crippen LogP contribution in [-0.4, -0.2) is 16.5 Å².